The van der Waals surface area contributed by atoms with Gasteiger partial charge >= 0.3 is 0 Å². The SMILES string of the molecule is Cl.Nc1cccc2c1CCCN2C(=O)CCC1CCCC1. The number of benzene rings is 1. The Morgan fingerprint density at radius 2 is 2.00 bits per heavy atom. The van der Waals surface area contributed by atoms with Crippen LogP contribution in [0.4, 0.5) is 11.4 Å². The van der Waals surface area contributed by atoms with E-state index in [1.54, 1.807) is 0 Å². The summed E-state index contributed by atoms with van der Waals surface area (Å²) in [6.07, 6.45) is 9.11. The Morgan fingerprint density at radius 1 is 1.24 bits per heavy atom. The molecule has 1 heterocycles. The molecule has 3 rings (SSSR count). The summed E-state index contributed by atoms with van der Waals surface area (Å²) in [6.45, 7) is 0.847. The van der Waals surface area contributed by atoms with Gasteiger partial charge in [-0.3, -0.25) is 4.79 Å². The maximum Gasteiger partial charge on any atom is 0.226 e. The number of rotatable bonds is 3. The number of hydrogen-bond donors (Lipinski definition) is 1. The van der Waals surface area contributed by atoms with Crippen molar-refractivity contribution in [3.8, 4) is 0 Å². The molecule has 1 fully saturated rings. The fraction of sp³-hybridized carbons (Fsp3) is 0.588. The molecule has 0 saturated heterocycles. The molecule has 0 spiro atoms. The van der Waals surface area contributed by atoms with Crippen LogP contribution in [0.3, 0.4) is 0 Å². The molecule has 0 aromatic heterocycles. The Bertz CT molecular complexity index is 498. The molecule has 0 bridgehead atoms. The summed E-state index contributed by atoms with van der Waals surface area (Å²) in [4.78, 5) is 14.5. The van der Waals surface area contributed by atoms with E-state index in [1.807, 2.05) is 23.1 Å². The van der Waals surface area contributed by atoms with E-state index in [0.717, 1.165) is 48.7 Å². The second kappa shape index (κ2) is 7.17. The normalized spacial score (nSPS) is 18.2. The molecule has 4 heteroatoms. The molecule has 0 unspecified atom stereocenters. The Labute approximate surface area is 133 Å². The fourth-order valence-electron chi connectivity index (χ4n) is 3.67. The number of hydrogen-bond acceptors (Lipinski definition) is 2. The monoisotopic (exact) mass is 308 g/mol. The molecule has 0 atom stereocenters. The van der Waals surface area contributed by atoms with Gasteiger partial charge in [0.15, 0.2) is 0 Å². The quantitative estimate of drug-likeness (QED) is 0.860. The molecule has 3 nitrogen and oxygen atoms in total. The van der Waals surface area contributed by atoms with Crippen LogP contribution in [-0.2, 0) is 11.2 Å². The van der Waals surface area contributed by atoms with Gasteiger partial charge in [-0.1, -0.05) is 31.7 Å². The number of nitrogen functional groups attached to an aromatic ring is 1. The van der Waals surface area contributed by atoms with E-state index in [1.165, 1.54) is 25.7 Å². The van der Waals surface area contributed by atoms with Gasteiger partial charge in [0.25, 0.3) is 0 Å². The zero-order chi connectivity index (χ0) is 13.9. The second-order valence-electron chi connectivity index (χ2n) is 6.18. The van der Waals surface area contributed by atoms with E-state index in [2.05, 4.69) is 0 Å². The topological polar surface area (TPSA) is 46.3 Å². The van der Waals surface area contributed by atoms with Crippen LogP contribution >= 0.6 is 12.4 Å². The van der Waals surface area contributed by atoms with E-state index in [-0.39, 0.29) is 18.3 Å². The Balaban J connectivity index is 0.00000161. The van der Waals surface area contributed by atoms with Crippen molar-refractivity contribution in [2.45, 2.75) is 51.4 Å². The van der Waals surface area contributed by atoms with E-state index in [9.17, 15) is 4.79 Å². The molecule has 2 N–H and O–H groups in total. The smallest absolute Gasteiger partial charge is 0.226 e. The predicted octanol–water partition coefficient (Wildman–Crippen LogP) is 3.94. The van der Waals surface area contributed by atoms with Crippen molar-refractivity contribution in [1.82, 2.24) is 0 Å². The van der Waals surface area contributed by atoms with Gasteiger partial charge in [0.1, 0.15) is 0 Å². The highest BCUT2D eigenvalue weighted by molar-refractivity contribution is 5.95. The molecule has 1 aliphatic carbocycles. The lowest BCUT2D eigenvalue weighted by atomic mass is 9.98. The van der Waals surface area contributed by atoms with Gasteiger partial charge in [0.2, 0.25) is 5.91 Å². The summed E-state index contributed by atoms with van der Waals surface area (Å²) < 4.78 is 0. The number of halogens is 1. The van der Waals surface area contributed by atoms with Crippen LogP contribution in [-0.4, -0.2) is 12.5 Å². The molecule has 116 valence electrons. The highest BCUT2D eigenvalue weighted by Gasteiger charge is 2.24. The van der Waals surface area contributed by atoms with Crippen molar-refractivity contribution in [1.29, 1.82) is 0 Å². The number of carbonyl (C=O) groups excluding carboxylic acids is 1. The van der Waals surface area contributed by atoms with Crippen molar-refractivity contribution in [3.05, 3.63) is 23.8 Å². The van der Waals surface area contributed by atoms with Crippen LogP contribution in [0.1, 0.15) is 50.5 Å². The third-order valence-electron chi connectivity index (χ3n) is 4.83. The first-order chi connectivity index (χ1) is 9.75. The second-order valence-corrected chi connectivity index (χ2v) is 6.18. The lowest BCUT2D eigenvalue weighted by Crippen LogP contribution is -2.35. The number of carbonyl (C=O) groups is 1. The zero-order valence-corrected chi connectivity index (χ0v) is 13.3. The van der Waals surface area contributed by atoms with Gasteiger partial charge in [-0.25, -0.2) is 0 Å². The van der Waals surface area contributed by atoms with Gasteiger partial charge < -0.3 is 10.6 Å². The fourth-order valence-corrected chi connectivity index (χ4v) is 3.67. The third-order valence-corrected chi connectivity index (χ3v) is 4.83. The standard InChI is InChI=1S/C17H24N2O.ClH/c18-15-8-3-9-16-14(15)7-4-12-19(16)17(20)11-10-13-5-1-2-6-13;/h3,8-9,13H,1-2,4-7,10-12,18H2;1H. The minimum Gasteiger partial charge on any atom is -0.398 e. The summed E-state index contributed by atoms with van der Waals surface area (Å²) in [5.74, 6) is 1.06. The van der Waals surface area contributed by atoms with Crippen molar-refractivity contribution in [3.63, 3.8) is 0 Å². The summed E-state index contributed by atoms with van der Waals surface area (Å²) in [6, 6.07) is 5.93. The average molecular weight is 309 g/mol. The van der Waals surface area contributed by atoms with Crippen LogP contribution in [0.5, 0.6) is 0 Å². The van der Waals surface area contributed by atoms with Crippen molar-refractivity contribution < 1.29 is 4.79 Å². The Hall–Kier alpha value is -1.22. The molecule has 1 aromatic carbocycles. The van der Waals surface area contributed by atoms with Gasteiger partial charge in [0.05, 0.1) is 0 Å². The van der Waals surface area contributed by atoms with Crippen molar-refractivity contribution in [2.24, 2.45) is 5.92 Å². The molecule has 1 aromatic rings. The molecule has 0 radical (unpaired) electrons. The average Bonchev–Trinajstić information content (AvgIpc) is 2.98. The van der Waals surface area contributed by atoms with E-state index >= 15 is 0 Å². The summed E-state index contributed by atoms with van der Waals surface area (Å²) in [5, 5.41) is 0. The lowest BCUT2D eigenvalue weighted by molar-refractivity contribution is -0.119. The first-order valence-corrected chi connectivity index (χ1v) is 7.93. The molecular formula is C17H25ClN2O. The molecule has 21 heavy (non-hydrogen) atoms. The highest BCUT2D eigenvalue weighted by atomic mass is 35.5. The van der Waals surface area contributed by atoms with E-state index in [0.29, 0.717) is 6.42 Å². The maximum atomic E-state index is 12.5. The van der Waals surface area contributed by atoms with Gasteiger partial charge in [-0.2, -0.15) is 0 Å². The number of fused-ring (bicyclic) bond motifs is 1. The number of anilines is 2. The minimum atomic E-state index is 0. The van der Waals surface area contributed by atoms with Crippen LogP contribution in [0.2, 0.25) is 0 Å². The largest absolute Gasteiger partial charge is 0.398 e. The van der Waals surface area contributed by atoms with E-state index < -0.39 is 0 Å². The van der Waals surface area contributed by atoms with Crippen LogP contribution < -0.4 is 10.6 Å². The van der Waals surface area contributed by atoms with Crippen molar-refractivity contribution >= 4 is 29.7 Å². The number of nitrogens with two attached hydrogens (primary N) is 1. The van der Waals surface area contributed by atoms with Gasteiger partial charge in [0, 0.05) is 24.3 Å². The summed E-state index contributed by atoms with van der Waals surface area (Å²) in [5.41, 5.74) is 9.08. The number of nitrogens with zero attached hydrogens (tertiary/aromatic N) is 1. The molecule has 1 saturated carbocycles. The van der Waals surface area contributed by atoms with Crippen molar-refractivity contribution in [2.75, 3.05) is 17.2 Å². The first-order valence-electron chi connectivity index (χ1n) is 7.93. The molecule has 1 aliphatic heterocycles. The summed E-state index contributed by atoms with van der Waals surface area (Å²) >= 11 is 0. The Kier molecular flexibility index (Phi) is 5.51. The van der Waals surface area contributed by atoms with E-state index in [4.69, 9.17) is 5.73 Å². The maximum absolute atomic E-state index is 12.5. The van der Waals surface area contributed by atoms with Gasteiger partial charge in [-0.05, 0) is 42.9 Å². The molecular weight excluding hydrogens is 284 g/mol. The highest BCUT2D eigenvalue weighted by Crippen LogP contribution is 2.33. The van der Waals surface area contributed by atoms with Gasteiger partial charge in [-0.15, -0.1) is 12.4 Å². The number of amides is 1. The minimum absolute atomic E-state index is 0. The third kappa shape index (κ3) is 3.52. The zero-order valence-electron chi connectivity index (χ0n) is 12.5. The van der Waals surface area contributed by atoms with Crippen LogP contribution in [0.15, 0.2) is 18.2 Å². The molecule has 1 amide bonds. The predicted molar refractivity (Wildman–Crippen MR) is 90.0 cm³/mol. The first kappa shape index (κ1) is 16.2. The molecule has 2 aliphatic rings. The van der Waals surface area contributed by atoms with Crippen LogP contribution in [0.25, 0.3) is 0 Å². The van der Waals surface area contributed by atoms with Crippen LogP contribution in [0, 0.1) is 5.92 Å². The lowest BCUT2D eigenvalue weighted by Gasteiger charge is -2.30. The Morgan fingerprint density at radius 3 is 2.76 bits per heavy atom. The summed E-state index contributed by atoms with van der Waals surface area (Å²) in [7, 11) is 0.